The third-order valence-corrected chi connectivity index (χ3v) is 6.89. The van der Waals surface area contributed by atoms with E-state index in [4.69, 9.17) is 14.0 Å². The van der Waals surface area contributed by atoms with Crippen molar-refractivity contribution in [2.24, 2.45) is 5.92 Å². The maximum absolute atomic E-state index is 12.8. The smallest absolute Gasteiger partial charge is 0.261 e. The van der Waals surface area contributed by atoms with Crippen LogP contribution in [0, 0.1) is 12.8 Å². The third-order valence-electron chi connectivity index (χ3n) is 5.50. The monoisotopic (exact) mass is 481 g/mol. The molecule has 2 aliphatic rings. The summed E-state index contributed by atoms with van der Waals surface area (Å²) < 4.78 is 44.5. The van der Waals surface area contributed by atoms with Gasteiger partial charge in [-0.25, -0.2) is 8.42 Å². The van der Waals surface area contributed by atoms with E-state index in [-0.39, 0.29) is 16.7 Å². The Bertz CT molecular complexity index is 1360. The molecule has 2 aromatic carbocycles. The molecule has 0 bridgehead atoms. The Hall–Kier alpha value is -3.79. The molecule has 9 nitrogen and oxygen atoms in total. The van der Waals surface area contributed by atoms with Crippen molar-refractivity contribution in [1.82, 2.24) is 5.16 Å². The molecule has 3 aromatic rings. The van der Waals surface area contributed by atoms with Crippen LogP contribution in [0.3, 0.4) is 0 Å². The van der Waals surface area contributed by atoms with E-state index < -0.39 is 10.0 Å². The topological polar surface area (TPSA) is 120 Å². The van der Waals surface area contributed by atoms with Gasteiger partial charge in [0.15, 0.2) is 17.3 Å². The SMILES string of the molecule is Cc1noc(/C=C\c2ccc(S(=O)(=O)Nc3ccc4c(c3)OCCO4)cc2)c1NC(=O)C1CC1. The van der Waals surface area contributed by atoms with Gasteiger partial charge in [0.25, 0.3) is 10.0 Å². The number of aryl methyl sites for hydroxylation is 1. The highest BCUT2D eigenvalue weighted by Gasteiger charge is 2.30. The normalized spacial score (nSPS) is 15.3. The predicted molar refractivity (Wildman–Crippen MR) is 126 cm³/mol. The molecule has 1 fully saturated rings. The first-order chi connectivity index (χ1) is 16.4. The van der Waals surface area contributed by atoms with Crippen LogP contribution >= 0.6 is 0 Å². The number of fused-ring (bicyclic) bond motifs is 1. The summed E-state index contributed by atoms with van der Waals surface area (Å²) >= 11 is 0. The van der Waals surface area contributed by atoms with Gasteiger partial charge < -0.3 is 19.3 Å². The highest BCUT2D eigenvalue weighted by Crippen LogP contribution is 2.34. The zero-order valence-electron chi connectivity index (χ0n) is 18.4. The number of rotatable bonds is 7. The standard InChI is InChI=1S/C24H23N3O6S/c1-15-23(25-24(28)17-5-6-17)21(33-26-15)10-4-16-2-8-19(9-3-16)34(29,30)27-18-7-11-20-22(14-18)32-13-12-31-20/h2-4,7-11,14,17,27H,5-6,12-13H2,1H3,(H,25,28)/b10-4-. The first kappa shape index (κ1) is 22.0. The van der Waals surface area contributed by atoms with Crippen molar-refractivity contribution in [2.45, 2.75) is 24.7 Å². The predicted octanol–water partition coefficient (Wildman–Crippen LogP) is 4.07. The molecule has 1 amide bonds. The molecule has 10 heteroatoms. The van der Waals surface area contributed by atoms with E-state index in [1.807, 2.05) is 0 Å². The molecule has 1 aliphatic carbocycles. The number of amides is 1. The van der Waals surface area contributed by atoms with Gasteiger partial charge >= 0.3 is 0 Å². The number of aromatic nitrogens is 1. The molecule has 5 rings (SSSR count). The van der Waals surface area contributed by atoms with Crippen LogP contribution in [0.5, 0.6) is 11.5 Å². The molecule has 2 N–H and O–H groups in total. The van der Waals surface area contributed by atoms with Gasteiger partial charge in [0.1, 0.15) is 24.6 Å². The van der Waals surface area contributed by atoms with Crippen LogP contribution in [0.25, 0.3) is 12.2 Å². The van der Waals surface area contributed by atoms with Crippen molar-refractivity contribution in [3.63, 3.8) is 0 Å². The summed E-state index contributed by atoms with van der Waals surface area (Å²) in [5.41, 5.74) is 2.29. The minimum atomic E-state index is -3.79. The first-order valence-corrected chi connectivity index (χ1v) is 12.4. The van der Waals surface area contributed by atoms with Crippen LogP contribution in [0.4, 0.5) is 11.4 Å². The lowest BCUT2D eigenvalue weighted by Gasteiger charge is -2.19. The van der Waals surface area contributed by atoms with Crippen molar-refractivity contribution in [3.8, 4) is 11.5 Å². The largest absolute Gasteiger partial charge is 0.486 e. The van der Waals surface area contributed by atoms with Gasteiger partial charge in [-0.1, -0.05) is 23.4 Å². The van der Waals surface area contributed by atoms with E-state index in [1.165, 1.54) is 12.1 Å². The van der Waals surface area contributed by atoms with Gasteiger partial charge in [0.2, 0.25) is 5.91 Å². The summed E-state index contributed by atoms with van der Waals surface area (Å²) in [5, 5.41) is 6.81. The van der Waals surface area contributed by atoms with Crippen LogP contribution < -0.4 is 19.5 Å². The average Bonchev–Trinajstić information content (AvgIpc) is 3.63. The number of benzene rings is 2. The summed E-state index contributed by atoms with van der Waals surface area (Å²) in [7, 11) is -3.79. The molecule has 0 atom stereocenters. The second kappa shape index (κ2) is 8.86. The van der Waals surface area contributed by atoms with Crippen molar-refractivity contribution >= 4 is 39.5 Å². The molecule has 34 heavy (non-hydrogen) atoms. The van der Waals surface area contributed by atoms with E-state index in [0.717, 1.165) is 18.4 Å². The Morgan fingerprint density at radius 2 is 1.76 bits per heavy atom. The van der Waals surface area contributed by atoms with Gasteiger partial charge in [-0.05, 0) is 55.7 Å². The molecular formula is C24H23N3O6S. The number of sulfonamides is 1. The van der Waals surface area contributed by atoms with Crippen molar-refractivity contribution < 1.29 is 27.2 Å². The maximum Gasteiger partial charge on any atom is 0.261 e. The van der Waals surface area contributed by atoms with Crippen molar-refractivity contribution in [1.29, 1.82) is 0 Å². The third kappa shape index (κ3) is 4.76. The van der Waals surface area contributed by atoms with Gasteiger partial charge in [-0.3, -0.25) is 9.52 Å². The van der Waals surface area contributed by atoms with Gasteiger partial charge in [-0.2, -0.15) is 0 Å². The zero-order chi connectivity index (χ0) is 23.7. The van der Waals surface area contributed by atoms with E-state index >= 15 is 0 Å². The Labute approximate surface area is 196 Å². The summed E-state index contributed by atoms with van der Waals surface area (Å²) in [6.45, 7) is 2.64. The number of carbonyl (C=O) groups is 1. The van der Waals surface area contributed by atoms with Crippen LogP contribution in [-0.2, 0) is 14.8 Å². The number of anilines is 2. The second-order valence-electron chi connectivity index (χ2n) is 8.14. The fourth-order valence-electron chi connectivity index (χ4n) is 3.47. The Balaban J connectivity index is 1.28. The van der Waals surface area contributed by atoms with Gasteiger partial charge in [-0.15, -0.1) is 0 Å². The molecule has 1 aromatic heterocycles. The molecule has 0 saturated heterocycles. The minimum Gasteiger partial charge on any atom is -0.486 e. The van der Waals surface area contributed by atoms with Crippen LogP contribution in [-0.4, -0.2) is 32.7 Å². The molecule has 0 spiro atoms. The zero-order valence-corrected chi connectivity index (χ0v) is 19.2. The molecular weight excluding hydrogens is 458 g/mol. The highest BCUT2D eigenvalue weighted by molar-refractivity contribution is 7.92. The number of nitrogens with one attached hydrogen (secondary N) is 2. The molecule has 1 aliphatic heterocycles. The van der Waals surface area contributed by atoms with Crippen LogP contribution in [0.2, 0.25) is 0 Å². The molecule has 0 unspecified atom stereocenters. The first-order valence-electron chi connectivity index (χ1n) is 10.9. The lowest BCUT2D eigenvalue weighted by molar-refractivity contribution is -0.117. The van der Waals surface area contributed by atoms with E-state index in [2.05, 4.69) is 15.2 Å². The van der Waals surface area contributed by atoms with Crippen LogP contribution in [0.15, 0.2) is 51.9 Å². The summed E-state index contributed by atoms with van der Waals surface area (Å²) in [4.78, 5) is 12.2. The molecule has 176 valence electrons. The van der Waals surface area contributed by atoms with Crippen molar-refractivity contribution in [3.05, 3.63) is 59.5 Å². The molecule has 0 radical (unpaired) electrons. The number of hydrogen-bond acceptors (Lipinski definition) is 7. The number of nitrogens with zero attached hydrogens (tertiary/aromatic N) is 1. The number of carbonyl (C=O) groups excluding carboxylic acids is 1. The second-order valence-corrected chi connectivity index (χ2v) is 9.82. The van der Waals surface area contributed by atoms with Crippen LogP contribution in [0.1, 0.15) is 29.9 Å². The minimum absolute atomic E-state index is 0.0268. The van der Waals surface area contributed by atoms with Gasteiger partial charge in [0, 0.05) is 12.0 Å². The fraction of sp³-hybridized carbons (Fsp3) is 0.250. The number of ether oxygens (including phenoxy) is 2. The van der Waals surface area contributed by atoms with Gasteiger partial charge in [0.05, 0.1) is 10.6 Å². The lowest BCUT2D eigenvalue weighted by Crippen LogP contribution is -2.16. The average molecular weight is 482 g/mol. The molecule has 2 heterocycles. The summed E-state index contributed by atoms with van der Waals surface area (Å²) in [6, 6.07) is 11.3. The lowest BCUT2D eigenvalue weighted by atomic mass is 10.2. The van der Waals surface area contributed by atoms with Crippen molar-refractivity contribution in [2.75, 3.05) is 23.3 Å². The van der Waals surface area contributed by atoms with E-state index in [1.54, 1.807) is 49.4 Å². The Morgan fingerprint density at radius 1 is 1.03 bits per heavy atom. The highest BCUT2D eigenvalue weighted by atomic mass is 32.2. The Kier molecular flexibility index (Phi) is 5.74. The quantitative estimate of drug-likeness (QED) is 0.522. The fourth-order valence-corrected chi connectivity index (χ4v) is 4.52. The van der Waals surface area contributed by atoms with E-state index in [0.29, 0.717) is 47.5 Å². The van der Waals surface area contributed by atoms with E-state index in [9.17, 15) is 13.2 Å². The summed E-state index contributed by atoms with van der Waals surface area (Å²) in [6.07, 6.45) is 5.26. The number of hydrogen-bond donors (Lipinski definition) is 2. The summed E-state index contributed by atoms with van der Waals surface area (Å²) in [5.74, 6) is 1.56. The molecule has 1 saturated carbocycles. The maximum atomic E-state index is 12.8. The Morgan fingerprint density at radius 3 is 2.50 bits per heavy atom.